The minimum Gasteiger partial charge on any atom is -0.491 e. The molecule has 0 N–H and O–H groups in total. The molecule has 0 fully saturated rings. The Morgan fingerprint density at radius 3 is 2.04 bits per heavy atom. The zero-order chi connectivity index (χ0) is 19.0. The van der Waals surface area contributed by atoms with E-state index in [9.17, 15) is 8.42 Å². The Bertz CT molecular complexity index is 765. The van der Waals surface area contributed by atoms with Crippen molar-refractivity contribution in [2.24, 2.45) is 0 Å². The average molecular weight is 378 g/mol. The van der Waals surface area contributed by atoms with Crippen LogP contribution in [0.3, 0.4) is 0 Å². The van der Waals surface area contributed by atoms with Crippen LogP contribution in [0.2, 0.25) is 0 Å². The molecule has 2 rings (SSSR count). The second-order valence-corrected chi connectivity index (χ2v) is 8.02. The van der Waals surface area contributed by atoms with E-state index in [2.05, 4.69) is 0 Å². The van der Waals surface area contributed by atoms with Gasteiger partial charge in [0.1, 0.15) is 18.1 Å². The fraction of sp³-hybridized carbons (Fsp3) is 0.400. The summed E-state index contributed by atoms with van der Waals surface area (Å²) in [5.41, 5.74) is 2.19. The molecule has 0 aliphatic carbocycles. The SMILES string of the molecule is CC(C)Oc1ccc(COc2ccc(CCCOS(C)(=O)=O)cc2)cc1. The molecular weight excluding hydrogens is 352 g/mol. The van der Waals surface area contributed by atoms with Gasteiger partial charge < -0.3 is 9.47 Å². The fourth-order valence-electron chi connectivity index (χ4n) is 2.34. The second kappa shape index (κ2) is 9.59. The van der Waals surface area contributed by atoms with E-state index in [4.69, 9.17) is 13.7 Å². The Morgan fingerprint density at radius 1 is 0.885 bits per heavy atom. The Balaban J connectivity index is 1.76. The Labute approximate surface area is 156 Å². The fourth-order valence-corrected chi connectivity index (χ4v) is 2.76. The first-order chi connectivity index (χ1) is 12.3. The molecule has 0 spiro atoms. The van der Waals surface area contributed by atoms with E-state index in [0.717, 1.165) is 35.3 Å². The third-order valence-electron chi connectivity index (χ3n) is 3.53. The quantitative estimate of drug-likeness (QED) is 0.462. The van der Waals surface area contributed by atoms with Crippen molar-refractivity contribution in [3.8, 4) is 11.5 Å². The minimum absolute atomic E-state index is 0.161. The van der Waals surface area contributed by atoms with Crippen LogP contribution in [0, 0.1) is 0 Å². The lowest BCUT2D eigenvalue weighted by Gasteiger charge is -2.11. The van der Waals surface area contributed by atoms with Gasteiger partial charge in [0.2, 0.25) is 0 Å². The summed E-state index contributed by atoms with van der Waals surface area (Å²) in [4.78, 5) is 0. The lowest BCUT2D eigenvalue weighted by atomic mass is 10.1. The van der Waals surface area contributed by atoms with Gasteiger partial charge in [-0.1, -0.05) is 24.3 Å². The molecule has 0 aliphatic rings. The molecule has 26 heavy (non-hydrogen) atoms. The van der Waals surface area contributed by atoms with Gasteiger partial charge in [0.15, 0.2) is 0 Å². The second-order valence-electron chi connectivity index (χ2n) is 6.37. The summed E-state index contributed by atoms with van der Waals surface area (Å²) in [6.45, 7) is 4.69. The van der Waals surface area contributed by atoms with Gasteiger partial charge in [0, 0.05) is 0 Å². The van der Waals surface area contributed by atoms with Crippen LogP contribution in [0.25, 0.3) is 0 Å². The number of ether oxygens (including phenoxy) is 2. The molecule has 0 amide bonds. The Morgan fingerprint density at radius 2 is 1.46 bits per heavy atom. The van der Waals surface area contributed by atoms with E-state index in [1.807, 2.05) is 62.4 Å². The summed E-state index contributed by atoms with van der Waals surface area (Å²) < 4.78 is 37.9. The largest absolute Gasteiger partial charge is 0.491 e. The molecule has 0 aliphatic heterocycles. The first-order valence-corrected chi connectivity index (χ1v) is 10.5. The molecule has 0 aromatic heterocycles. The molecule has 0 unspecified atom stereocenters. The highest BCUT2D eigenvalue weighted by molar-refractivity contribution is 7.85. The Hall–Kier alpha value is -2.05. The van der Waals surface area contributed by atoms with Crippen molar-refractivity contribution in [3.63, 3.8) is 0 Å². The van der Waals surface area contributed by atoms with E-state index >= 15 is 0 Å². The Kier molecular flexibility index (Phi) is 7.48. The zero-order valence-electron chi connectivity index (χ0n) is 15.5. The van der Waals surface area contributed by atoms with Crippen molar-refractivity contribution in [1.29, 1.82) is 0 Å². The van der Waals surface area contributed by atoms with Gasteiger partial charge in [-0.2, -0.15) is 8.42 Å². The van der Waals surface area contributed by atoms with Gasteiger partial charge in [-0.25, -0.2) is 0 Å². The van der Waals surface area contributed by atoms with Crippen molar-refractivity contribution in [1.82, 2.24) is 0 Å². The zero-order valence-corrected chi connectivity index (χ0v) is 16.3. The van der Waals surface area contributed by atoms with E-state index in [0.29, 0.717) is 13.0 Å². The maximum absolute atomic E-state index is 10.9. The number of aryl methyl sites for hydroxylation is 1. The van der Waals surface area contributed by atoms with Crippen LogP contribution < -0.4 is 9.47 Å². The highest BCUT2D eigenvalue weighted by atomic mass is 32.2. The highest BCUT2D eigenvalue weighted by Gasteiger charge is 2.02. The number of hydrogen-bond donors (Lipinski definition) is 0. The number of benzene rings is 2. The summed E-state index contributed by atoms with van der Waals surface area (Å²) in [5.74, 6) is 1.65. The molecule has 2 aromatic rings. The van der Waals surface area contributed by atoms with Crippen LogP contribution in [0.4, 0.5) is 0 Å². The van der Waals surface area contributed by atoms with E-state index < -0.39 is 10.1 Å². The first-order valence-electron chi connectivity index (χ1n) is 8.63. The molecule has 0 saturated carbocycles. The molecule has 5 nitrogen and oxygen atoms in total. The van der Waals surface area contributed by atoms with Crippen LogP contribution in [0.15, 0.2) is 48.5 Å². The van der Waals surface area contributed by atoms with Crippen LogP contribution in [-0.2, 0) is 27.3 Å². The molecule has 0 atom stereocenters. The maximum atomic E-state index is 10.9. The molecule has 0 saturated heterocycles. The smallest absolute Gasteiger partial charge is 0.264 e. The molecular formula is C20H26O5S. The lowest BCUT2D eigenvalue weighted by molar-refractivity contribution is 0.242. The third kappa shape index (κ3) is 7.89. The maximum Gasteiger partial charge on any atom is 0.264 e. The van der Waals surface area contributed by atoms with Gasteiger partial charge in [0.25, 0.3) is 10.1 Å². The van der Waals surface area contributed by atoms with Gasteiger partial charge in [-0.05, 0) is 62.1 Å². The third-order valence-corrected chi connectivity index (χ3v) is 4.13. The van der Waals surface area contributed by atoms with Crippen molar-refractivity contribution >= 4 is 10.1 Å². The van der Waals surface area contributed by atoms with Crippen LogP contribution >= 0.6 is 0 Å². The summed E-state index contributed by atoms with van der Waals surface area (Å²) in [5, 5.41) is 0. The summed E-state index contributed by atoms with van der Waals surface area (Å²) in [6, 6.07) is 15.7. The van der Waals surface area contributed by atoms with Gasteiger partial charge in [-0.15, -0.1) is 0 Å². The number of hydrogen-bond acceptors (Lipinski definition) is 5. The van der Waals surface area contributed by atoms with E-state index in [-0.39, 0.29) is 12.7 Å². The standard InChI is InChI=1S/C20H26O5S/c1-16(2)25-20-12-8-18(9-13-20)15-23-19-10-6-17(7-11-19)5-4-14-24-26(3,21)22/h6-13,16H,4-5,14-15H2,1-3H3. The normalized spacial score (nSPS) is 11.5. The topological polar surface area (TPSA) is 61.8 Å². The van der Waals surface area contributed by atoms with Gasteiger partial charge in [0.05, 0.1) is 19.0 Å². The average Bonchev–Trinajstić information content (AvgIpc) is 2.58. The van der Waals surface area contributed by atoms with Crippen molar-refractivity contribution in [3.05, 3.63) is 59.7 Å². The van der Waals surface area contributed by atoms with Gasteiger partial charge >= 0.3 is 0 Å². The van der Waals surface area contributed by atoms with Crippen molar-refractivity contribution in [2.45, 2.75) is 39.4 Å². The molecule has 6 heteroatoms. The molecule has 2 aromatic carbocycles. The predicted octanol–water partition coefficient (Wildman–Crippen LogP) is 3.96. The summed E-state index contributed by atoms with van der Waals surface area (Å²) in [6.07, 6.45) is 2.63. The van der Waals surface area contributed by atoms with Crippen LogP contribution in [0.5, 0.6) is 11.5 Å². The van der Waals surface area contributed by atoms with Crippen LogP contribution in [-0.4, -0.2) is 27.4 Å². The first kappa shape index (κ1) is 20.3. The molecule has 142 valence electrons. The summed E-state index contributed by atoms with van der Waals surface area (Å²) >= 11 is 0. The van der Waals surface area contributed by atoms with Crippen molar-refractivity contribution < 1.29 is 22.1 Å². The van der Waals surface area contributed by atoms with E-state index in [1.54, 1.807) is 0 Å². The monoisotopic (exact) mass is 378 g/mol. The molecule has 0 heterocycles. The van der Waals surface area contributed by atoms with Crippen molar-refractivity contribution in [2.75, 3.05) is 12.9 Å². The summed E-state index contributed by atoms with van der Waals surface area (Å²) in [7, 11) is -3.36. The molecule has 0 radical (unpaired) electrons. The number of rotatable bonds is 10. The van der Waals surface area contributed by atoms with Crippen LogP contribution in [0.1, 0.15) is 31.4 Å². The minimum atomic E-state index is -3.36. The highest BCUT2D eigenvalue weighted by Crippen LogP contribution is 2.18. The lowest BCUT2D eigenvalue weighted by Crippen LogP contribution is -2.05. The molecule has 0 bridgehead atoms. The van der Waals surface area contributed by atoms with E-state index in [1.165, 1.54) is 0 Å². The van der Waals surface area contributed by atoms with Gasteiger partial charge in [-0.3, -0.25) is 4.18 Å². The predicted molar refractivity (Wildman–Crippen MR) is 102 cm³/mol.